The van der Waals surface area contributed by atoms with Gasteiger partial charge in [-0.2, -0.15) is 0 Å². The van der Waals surface area contributed by atoms with Gasteiger partial charge < -0.3 is 0 Å². The van der Waals surface area contributed by atoms with Crippen LogP contribution in [0.15, 0.2) is 30.3 Å². The van der Waals surface area contributed by atoms with E-state index in [1.165, 1.54) is 12.8 Å². The van der Waals surface area contributed by atoms with Crippen LogP contribution in [-0.2, 0) is 14.7 Å². The molecule has 1 aromatic carbocycles. The van der Waals surface area contributed by atoms with Crippen molar-refractivity contribution in [3.8, 4) is 0 Å². The van der Waals surface area contributed by atoms with E-state index in [1.54, 1.807) is 0 Å². The number of unbranched alkanes of at least 4 members (excludes halogenated alkanes) is 2. The molecular formula is C15H23O2P. The molecule has 1 rings (SSSR count). The Morgan fingerprint density at radius 1 is 1.06 bits per heavy atom. The lowest BCUT2D eigenvalue weighted by molar-refractivity contribution is 0.0581. The second-order valence-corrected chi connectivity index (χ2v) is 5.06. The molecule has 0 aromatic heterocycles. The van der Waals surface area contributed by atoms with Crippen LogP contribution < -0.4 is 0 Å². The first-order valence-corrected chi connectivity index (χ1v) is 7.58. The summed E-state index contributed by atoms with van der Waals surface area (Å²) in [6.45, 7) is 4.33. The Kier molecular flexibility index (Phi) is 7.15. The molecule has 0 saturated heterocycles. The van der Waals surface area contributed by atoms with Crippen LogP contribution in [0.5, 0.6) is 0 Å². The van der Waals surface area contributed by atoms with Gasteiger partial charge in [0.15, 0.2) is 0 Å². The topological polar surface area (TPSA) is 26.3 Å². The van der Waals surface area contributed by atoms with E-state index < -0.39 is 0 Å². The van der Waals surface area contributed by atoms with E-state index >= 15 is 0 Å². The summed E-state index contributed by atoms with van der Waals surface area (Å²) in [5.41, 5.74) is 0.764. The highest BCUT2D eigenvalue weighted by Gasteiger charge is 2.32. The SMILES string of the molecule is CCCCCC(CCC)(OP=O)c1ccccc1. The second kappa shape index (κ2) is 8.39. The van der Waals surface area contributed by atoms with Gasteiger partial charge >= 0.3 is 8.69 Å². The smallest absolute Gasteiger partial charge is 0.283 e. The number of hydrogen-bond donors (Lipinski definition) is 0. The van der Waals surface area contributed by atoms with Gasteiger partial charge in [-0.05, 0) is 18.4 Å². The van der Waals surface area contributed by atoms with E-state index in [-0.39, 0.29) is 14.3 Å². The Morgan fingerprint density at radius 3 is 2.33 bits per heavy atom. The zero-order valence-corrected chi connectivity index (χ0v) is 12.3. The lowest BCUT2D eigenvalue weighted by Gasteiger charge is -2.31. The van der Waals surface area contributed by atoms with Crippen molar-refractivity contribution in [2.24, 2.45) is 0 Å². The Morgan fingerprint density at radius 2 is 1.78 bits per heavy atom. The van der Waals surface area contributed by atoms with Crippen molar-refractivity contribution in [1.82, 2.24) is 0 Å². The quantitative estimate of drug-likeness (QED) is 0.436. The minimum atomic E-state index is -0.380. The van der Waals surface area contributed by atoms with Crippen LogP contribution in [0.1, 0.15) is 57.9 Å². The third kappa shape index (κ3) is 4.19. The summed E-state index contributed by atoms with van der Waals surface area (Å²) < 4.78 is 16.6. The van der Waals surface area contributed by atoms with Crippen molar-refractivity contribution in [1.29, 1.82) is 0 Å². The fraction of sp³-hybridized carbons (Fsp3) is 0.600. The first kappa shape index (κ1) is 15.3. The van der Waals surface area contributed by atoms with Crippen LogP contribution in [0.4, 0.5) is 0 Å². The maximum atomic E-state index is 11.0. The van der Waals surface area contributed by atoms with Crippen molar-refractivity contribution in [2.45, 2.75) is 58.0 Å². The average molecular weight is 266 g/mol. The molecule has 0 aliphatic rings. The van der Waals surface area contributed by atoms with Crippen molar-refractivity contribution in [3.63, 3.8) is 0 Å². The molecule has 0 amide bonds. The molecule has 1 unspecified atom stereocenters. The normalized spacial score (nSPS) is 14.6. The summed E-state index contributed by atoms with van der Waals surface area (Å²) in [6.07, 6.45) is 6.37. The average Bonchev–Trinajstić information content (AvgIpc) is 2.40. The summed E-state index contributed by atoms with van der Waals surface area (Å²) in [7, 11) is -0.221. The third-order valence-electron chi connectivity index (χ3n) is 3.35. The van der Waals surface area contributed by atoms with Crippen LogP contribution >= 0.6 is 8.69 Å². The molecule has 0 N–H and O–H groups in total. The molecule has 0 heterocycles. The van der Waals surface area contributed by atoms with Gasteiger partial charge in [0.2, 0.25) is 0 Å². The van der Waals surface area contributed by atoms with Crippen molar-refractivity contribution in [3.05, 3.63) is 35.9 Å². The molecule has 0 aliphatic heterocycles. The number of benzene rings is 1. The van der Waals surface area contributed by atoms with Gasteiger partial charge in [0.25, 0.3) is 0 Å². The van der Waals surface area contributed by atoms with E-state index in [0.717, 1.165) is 31.2 Å². The zero-order valence-electron chi connectivity index (χ0n) is 11.4. The molecule has 2 nitrogen and oxygen atoms in total. The second-order valence-electron chi connectivity index (χ2n) is 4.73. The van der Waals surface area contributed by atoms with Crippen LogP contribution in [0.2, 0.25) is 0 Å². The van der Waals surface area contributed by atoms with Crippen LogP contribution in [0.3, 0.4) is 0 Å². The highest BCUT2D eigenvalue weighted by atomic mass is 31.1. The maximum absolute atomic E-state index is 11.0. The highest BCUT2D eigenvalue weighted by molar-refractivity contribution is 7.17. The molecule has 0 bridgehead atoms. The van der Waals surface area contributed by atoms with Crippen molar-refractivity contribution < 1.29 is 9.09 Å². The van der Waals surface area contributed by atoms with E-state index in [1.807, 2.05) is 18.2 Å². The van der Waals surface area contributed by atoms with Gasteiger partial charge in [0.05, 0.1) is 0 Å². The lowest BCUT2D eigenvalue weighted by Crippen LogP contribution is -2.26. The van der Waals surface area contributed by atoms with E-state index in [2.05, 4.69) is 26.0 Å². The summed E-state index contributed by atoms with van der Waals surface area (Å²) in [4.78, 5) is 0. The van der Waals surface area contributed by atoms with Crippen molar-refractivity contribution in [2.75, 3.05) is 0 Å². The first-order chi connectivity index (χ1) is 8.79. The van der Waals surface area contributed by atoms with Gasteiger partial charge in [-0.25, -0.2) is 4.57 Å². The molecule has 3 heteroatoms. The Labute approximate surface area is 112 Å². The molecule has 100 valence electrons. The summed E-state index contributed by atoms with van der Waals surface area (Å²) >= 11 is 0. The maximum Gasteiger partial charge on any atom is 0.328 e. The van der Waals surface area contributed by atoms with Crippen LogP contribution in [-0.4, -0.2) is 0 Å². The van der Waals surface area contributed by atoms with Gasteiger partial charge in [-0.1, -0.05) is 69.9 Å². The van der Waals surface area contributed by atoms with E-state index in [0.29, 0.717) is 0 Å². The molecule has 0 saturated carbocycles. The minimum absolute atomic E-state index is 0.221. The first-order valence-electron chi connectivity index (χ1n) is 6.85. The Bertz CT molecular complexity index is 340. The predicted octanol–water partition coefficient (Wildman–Crippen LogP) is 5.49. The zero-order chi connectivity index (χ0) is 13.3. The van der Waals surface area contributed by atoms with E-state index in [9.17, 15) is 4.57 Å². The fourth-order valence-electron chi connectivity index (χ4n) is 2.44. The fourth-order valence-corrected chi connectivity index (χ4v) is 2.87. The summed E-state index contributed by atoms with van der Waals surface area (Å²) in [6, 6.07) is 10.2. The third-order valence-corrected chi connectivity index (χ3v) is 3.77. The number of hydrogen-bond acceptors (Lipinski definition) is 2. The van der Waals surface area contributed by atoms with Crippen LogP contribution in [0.25, 0.3) is 0 Å². The summed E-state index contributed by atoms with van der Waals surface area (Å²) in [5.74, 6) is 0. The molecular weight excluding hydrogens is 243 g/mol. The van der Waals surface area contributed by atoms with E-state index in [4.69, 9.17) is 4.52 Å². The molecule has 0 aliphatic carbocycles. The predicted molar refractivity (Wildman–Crippen MR) is 75.9 cm³/mol. The van der Waals surface area contributed by atoms with Crippen LogP contribution in [0, 0.1) is 0 Å². The molecule has 0 spiro atoms. The Balaban J connectivity index is 2.92. The van der Waals surface area contributed by atoms with Gasteiger partial charge in [-0.15, -0.1) is 0 Å². The minimum Gasteiger partial charge on any atom is -0.283 e. The van der Waals surface area contributed by atoms with Gasteiger partial charge in [0, 0.05) is 0 Å². The van der Waals surface area contributed by atoms with Gasteiger partial charge in [-0.3, -0.25) is 4.52 Å². The standard InChI is InChI=1S/C15H23O2P/c1-3-5-9-13-15(12-4-2,17-18-16)14-10-7-6-8-11-14/h6-8,10-11H,3-5,9,12-13H2,1-2H3. The largest absolute Gasteiger partial charge is 0.328 e. The van der Waals surface area contributed by atoms with Gasteiger partial charge in [0.1, 0.15) is 5.60 Å². The summed E-state index contributed by atoms with van der Waals surface area (Å²) in [5, 5.41) is 0. The molecule has 1 atom stereocenters. The lowest BCUT2D eigenvalue weighted by atomic mass is 9.84. The number of rotatable bonds is 9. The molecule has 0 radical (unpaired) electrons. The van der Waals surface area contributed by atoms with Crippen molar-refractivity contribution >= 4 is 8.69 Å². The molecule has 0 fully saturated rings. The highest BCUT2D eigenvalue weighted by Crippen LogP contribution is 2.39. The molecule has 18 heavy (non-hydrogen) atoms. The Hall–Kier alpha value is -0.720. The monoisotopic (exact) mass is 266 g/mol. The molecule has 1 aromatic rings.